The Hall–Kier alpha value is -1.65. The molecule has 0 spiro atoms. The van der Waals surface area contributed by atoms with Crippen LogP contribution < -0.4 is 5.32 Å². The molecule has 1 fully saturated rings. The second-order valence-electron chi connectivity index (χ2n) is 6.41. The Morgan fingerprint density at radius 3 is 2.48 bits per heavy atom. The molecule has 116 valence electrons. The molecular weight excluding hydrogens is 264 g/mol. The van der Waals surface area contributed by atoms with Crippen molar-refractivity contribution in [1.29, 1.82) is 0 Å². The minimum absolute atomic E-state index is 0.190. The zero-order valence-corrected chi connectivity index (χ0v) is 13.5. The van der Waals surface area contributed by atoms with Gasteiger partial charge in [-0.25, -0.2) is 9.97 Å². The fraction of sp³-hybridized carbons (Fsp3) is 0.688. The molecule has 0 bridgehead atoms. The normalized spacial score (nSPS) is 22.1. The quantitative estimate of drug-likeness (QED) is 0.926. The Labute approximate surface area is 127 Å². The minimum Gasteiger partial charge on any atom is -0.367 e. The molecule has 0 aromatic carbocycles. The summed E-state index contributed by atoms with van der Waals surface area (Å²) < 4.78 is 0. The summed E-state index contributed by atoms with van der Waals surface area (Å²) in [5.74, 6) is 1.75. The average molecular weight is 290 g/mol. The van der Waals surface area contributed by atoms with Crippen LogP contribution in [0.15, 0.2) is 12.4 Å². The maximum Gasteiger partial charge on any atom is 0.225 e. The first-order chi connectivity index (χ1) is 9.97. The van der Waals surface area contributed by atoms with Crippen molar-refractivity contribution in [3.05, 3.63) is 18.1 Å². The first-order valence-electron chi connectivity index (χ1n) is 7.77. The zero-order chi connectivity index (χ0) is 15.4. The molecule has 0 radical (unpaired) electrons. The van der Waals surface area contributed by atoms with Gasteiger partial charge in [-0.05, 0) is 31.6 Å². The highest BCUT2D eigenvalue weighted by Crippen LogP contribution is 2.27. The van der Waals surface area contributed by atoms with E-state index in [9.17, 15) is 4.79 Å². The number of nitrogens with zero attached hydrogens (tertiary/aromatic N) is 3. The van der Waals surface area contributed by atoms with Crippen LogP contribution in [0.4, 0.5) is 5.82 Å². The van der Waals surface area contributed by atoms with Gasteiger partial charge >= 0.3 is 0 Å². The van der Waals surface area contributed by atoms with E-state index in [2.05, 4.69) is 29.1 Å². The molecule has 0 atom stereocenters. The maximum atomic E-state index is 12.0. The SMILES string of the molecule is CC(C)c1cc(N[C@H]2CC[C@@H](C(=O)N(C)C)CC2)ncn1. The number of nitrogens with one attached hydrogen (secondary N) is 1. The number of anilines is 1. The zero-order valence-electron chi connectivity index (χ0n) is 13.5. The van der Waals surface area contributed by atoms with Crippen LogP contribution in [0.2, 0.25) is 0 Å². The number of amides is 1. The summed E-state index contributed by atoms with van der Waals surface area (Å²) in [7, 11) is 3.67. The molecular formula is C16H26N4O. The van der Waals surface area contributed by atoms with Crippen LogP contribution in [0.1, 0.15) is 51.1 Å². The van der Waals surface area contributed by atoms with Crippen LogP contribution >= 0.6 is 0 Å². The lowest BCUT2D eigenvalue weighted by atomic mass is 9.85. The van der Waals surface area contributed by atoms with E-state index >= 15 is 0 Å². The third-order valence-corrected chi connectivity index (χ3v) is 4.15. The largest absolute Gasteiger partial charge is 0.367 e. The Morgan fingerprint density at radius 2 is 1.90 bits per heavy atom. The second-order valence-corrected chi connectivity index (χ2v) is 6.41. The number of carbonyl (C=O) groups excluding carboxylic acids is 1. The van der Waals surface area contributed by atoms with E-state index in [0.29, 0.717) is 12.0 Å². The minimum atomic E-state index is 0.190. The molecule has 1 amide bonds. The third-order valence-electron chi connectivity index (χ3n) is 4.15. The van der Waals surface area contributed by atoms with Gasteiger partial charge in [-0.1, -0.05) is 13.8 Å². The molecule has 1 aromatic heterocycles. The molecule has 1 aliphatic carbocycles. The van der Waals surface area contributed by atoms with Crippen molar-refractivity contribution in [3.8, 4) is 0 Å². The van der Waals surface area contributed by atoms with Crippen LogP contribution in [0, 0.1) is 5.92 Å². The van der Waals surface area contributed by atoms with E-state index in [4.69, 9.17) is 0 Å². The molecule has 0 aliphatic heterocycles. The van der Waals surface area contributed by atoms with Gasteiger partial charge in [-0.15, -0.1) is 0 Å². The van der Waals surface area contributed by atoms with Crippen LogP contribution in [0.3, 0.4) is 0 Å². The van der Waals surface area contributed by atoms with Gasteiger partial charge in [0.2, 0.25) is 5.91 Å². The smallest absolute Gasteiger partial charge is 0.225 e. The number of rotatable bonds is 4. The Morgan fingerprint density at radius 1 is 1.24 bits per heavy atom. The highest BCUT2D eigenvalue weighted by molar-refractivity contribution is 5.78. The Kier molecular flexibility index (Phi) is 5.15. The van der Waals surface area contributed by atoms with Crippen molar-refractivity contribution >= 4 is 11.7 Å². The molecule has 21 heavy (non-hydrogen) atoms. The number of hydrogen-bond donors (Lipinski definition) is 1. The summed E-state index contributed by atoms with van der Waals surface area (Å²) in [5.41, 5.74) is 1.06. The van der Waals surface area contributed by atoms with Gasteiger partial charge < -0.3 is 10.2 Å². The van der Waals surface area contributed by atoms with E-state index in [1.165, 1.54) is 0 Å². The van der Waals surface area contributed by atoms with Gasteiger partial charge in [0.05, 0.1) is 0 Å². The Balaban J connectivity index is 1.89. The summed E-state index contributed by atoms with van der Waals surface area (Å²) in [6.45, 7) is 4.26. The van der Waals surface area contributed by atoms with Gasteiger partial charge in [0.1, 0.15) is 12.1 Å². The van der Waals surface area contributed by atoms with Crippen molar-refractivity contribution < 1.29 is 4.79 Å². The van der Waals surface area contributed by atoms with Gasteiger partial charge in [-0.2, -0.15) is 0 Å². The average Bonchev–Trinajstić information content (AvgIpc) is 2.47. The predicted molar refractivity (Wildman–Crippen MR) is 84.2 cm³/mol. The first-order valence-corrected chi connectivity index (χ1v) is 7.77. The lowest BCUT2D eigenvalue weighted by molar-refractivity contribution is -0.133. The van der Waals surface area contributed by atoms with E-state index in [1.807, 2.05) is 20.2 Å². The molecule has 1 heterocycles. The van der Waals surface area contributed by atoms with Crippen molar-refractivity contribution in [1.82, 2.24) is 14.9 Å². The summed E-state index contributed by atoms with van der Waals surface area (Å²) >= 11 is 0. The van der Waals surface area contributed by atoms with Gasteiger partial charge in [-0.3, -0.25) is 4.79 Å². The molecule has 1 aliphatic rings. The highest BCUT2D eigenvalue weighted by atomic mass is 16.2. The van der Waals surface area contributed by atoms with Gasteiger partial charge in [0.15, 0.2) is 0 Å². The van der Waals surface area contributed by atoms with Crippen LogP contribution in [0.5, 0.6) is 0 Å². The fourth-order valence-corrected chi connectivity index (χ4v) is 2.83. The number of hydrogen-bond acceptors (Lipinski definition) is 4. The van der Waals surface area contributed by atoms with Crippen molar-refractivity contribution in [2.24, 2.45) is 5.92 Å². The van der Waals surface area contributed by atoms with Crippen LogP contribution in [-0.2, 0) is 4.79 Å². The lowest BCUT2D eigenvalue weighted by Crippen LogP contribution is -2.35. The van der Waals surface area contributed by atoms with Gasteiger partial charge in [0.25, 0.3) is 0 Å². The monoisotopic (exact) mass is 290 g/mol. The molecule has 1 N–H and O–H groups in total. The summed E-state index contributed by atoms with van der Waals surface area (Å²) in [4.78, 5) is 22.3. The number of aromatic nitrogens is 2. The van der Waals surface area contributed by atoms with Gasteiger partial charge in [0, 0.05) is 37.8 Å². The molecule has 0 saturated heterocycles. The molecule has 0 unspecified atom stereocenters. The van der Waals surface area contributed by atoms with Crippen molar-refractivity contribution in [2.45, 2.75) is 51.5 Å². The van der Waals surface area contributed by atoms with E-state index < -0.39 is 0 Å². The van der Waals surface area contributed by atoms with E-state index in [0.717, 1.165) is 37.2 Å². The van der Waals surface area contributed by atoms with E-state index in [1.54, 1.807) is 11.2 Å². The predicted octanol–water partition coefficient (Wildman–Crippen LogP) is 2.66. The second kappa shape index (κ2) is 6.87. The highest BCUT2D eigenvalue weighted by Gasteiger charge is 2.27. The topological polar surface area (TPSA) is 58.1 Å². The van der Waals surface area contributed by atoms with Crippen LogP contribution in [0.25, 0.3) is 0 Å². The number of carbonyl (C=O) groups is 1. The molecule has 2 rings (SSSR count). The van der Waals surface area contributed by atoms with Crippen molar-refractivity contribution in [2.75, 3.05) is 19.4 Å². The molecule has 1 aromatic rings. The fourth-order valence-electron chi connectivity index (χ4n) is 2.83. The summed E-state index contributed by atoms with van der Waals surface area (Å²) in [6.07, 6.45) is 5.57. The summed E-state index contributed by atoms with van der Waals surface area (Å²) in [6, 6.07) is 2.44. The third kappa shape index (κ3) is 4.16. The maximum absolute atomic E-state index is 12.0. The standard InChI is InChI=1S/C16H26N4O/c1-11(2)14-9-15(18-10-17-14)19-13-7-5-12(6-8-13)16(21)20(3)4/h9-13H,5-8H2,1-4H3,(H,17,18,19)/t12-,13+. The molecule has 5 nitrogen and oxygen atoms in total. The van der Waals surface area contributed by atoms with E-state index in [-0.39, 0.29) is 11.8 Å². The van der Waals surface area contributed by atoms with Crippen LogP contribution in [-0.4, -0.2) is 40.9 Å². The lowest BCUT2D eigenvalue weighted by Gasteiger charge is -2.30. The summed E-state index contributed by atoms with van der Waals surface area (Å²) in [5, 5.41) is 3.49. The Bertz CT molecular complexity index is 479. The van der Waals surface area contributed by atoms with Crippen molar-refractivity contribution in [3.63, 3.8) is 0 Å². The first kappa shape index (κ1) is 15.7. The molecule has 5 heteroatoms. The molecule has 1 saturated carbocycles.